The van der Waals surface area contributed by atoms with Crippen molar-refractivity contribution in [1.29, 1.82) is 0 Å². The van der Waals surface area contributed by atoms with Crippen molar-refractivity contribution in [3.05, 3.63) is 54.4 Å². The standard InChI is InChI=1S/C20H25N5O3/c1-28-19(27)17(14-16-6-3-2-4-7-16)23-18(26)15-24-10-12-25(13-11-24)20-21-8-5-9-22-20/h2-9,17H,10-15H2,1H3,(H,23,26)/t17-/m1/s1. The molecule has 1 fully saturated rings. The Morgan fingerprint density at radius 1 is 1.07 bits per heavy atom. The van der Waals surface area contributed by atoms with Crippen LogP contribution in [0.4, 0.5) is 5.95 Å². The first-order valence-electron chi connectivity index (χ1n) is 9.31. The van der Waals surface area contributed by atoms with Crippen molar-refractivity contribution in [2.24, 2.45) is 0 Å². The van der Waals surface area contributed by atoms with Gasteiger partial charge in [0.15, 0.2) is 0 Å². The van der Waals surface area contributed by atoms with Gasteiger partial charge in [-0.15, -0.1) is 0 Å². The Balaban J connectivity index is 1.50. The largest absolute Gasteiger partial charge is 0.467 e. The summed E-state index contributed by atoms with van der Waals surface area (Å²) < 4.78 is 4.85. The number of aromatic nitrogens is 2. The van der Waals surface area contributed by atoms with Gasteiger partial charge in [-0.3, -0.25) is 9.69 Å². The molecule has 3 rings (SSSR count). The summed E-state index contributed by atoms with van der Waals surface area (Å²) in [6.07, 6.45) is 3.85. The number of anilines is 1. The van der Waals surface area contributed by atoms with E-state index < -0.39 is 12.0 Å². The second-order valence-electron chi connectivity index (χ2n) is 6.64. The molecule has 148 valence electrons. The van der Waals surface area contributed by atoms with Crippen LogP contribution in [0.2, 0.25) is 0 Å². The molecule has 0 bridgehead atoms. The predicted octanol–water partition coefficient (Wildman–Crippen LogP) is 0.499. The lowest BCUT2D eigenvalue weighted by molar-refractivity contribution is -0.145. The van der Waals surface area contributed by atoms with Gasteiger partial charge >= 0.3 is 5.97 Å². The third-order valence-corrected chi connectivity index (χ3v) is 4.68. The molecule has 0 radical (unpaired) electrons. The van der Waals surface area contributed by atoms with E-state index in [0.29, 0.717) is 12.4 Å². The van der Waals surface area contributed by atoms with E-state index in [1.807, 2.05) is 30.3 Å². The molecule has 1 saturated heterocycles. The van der Waals surface area contributed by atoms with Crippen LogP contribution in [0.15, 0.2) is 48.8 Å². The fourth-order valence-corrected chi connectivity index (χ4v) is 3.19. The number of amides is 1. The Morgan fingerprint density at radius 2 is 1.75 bits per heavy atom. The van der Waals surface area contributed by atoms with Gasteiger partial charge in [0.1, 0.15) is 6.04 Å². The highest BCUT2D eigenvalue weighted by Gasteiger charge is 2.25. The first-order valence-corrected chi connectivity index (χ1v) is 9.31. The number of nitrogens with zero attached hydrogens (tertiary/aromatic N) is 4. The fraction of sp³-hybridized carbons (Fsp3) is 0.400. The van der Waals surface area contributed by atoms with Gasteiger partial charge in [0, 0.05) is 45.0 Å². The van der Waals surface area contributed by atoms with Crippen LogP contribution in [0.25, 0.3) is 0 Å². The van der Waals surface area contributed by atoms with Gasteiger partial charge in [-0.05, 0) is 11.6 Å². The van der Waals surface area contributed by atoms with Crippen LogP contribution in [0, 0.1) is 0 Å². The van der Waals surface area contributed by atoms with Gasteiger partial charge in [-0.25, -0.2) is 14.8 Å². The summed E-state index contributed by atoms with van der Waals surface area (Å²) in [6, 6.07) is 10.7. The summed E-state index contributed by atoms with van der Waals surface area (Å²) in [7, 11) is 1.33. The van der Waals surface area contributed by atoms with E-state index in [2.05, 4.69) is 25.1 Å². The molecular weight excluding hydrogens is 358 g/mol. The fourth-order valence-electron chi connectivity index (χ4n) is 3.19. The molecule has 0 saturated carbocycles. The summed E-state index contributed by atoms with van der Waals surface area (Å²) in [6.45, 7) is 3.20. The maximum absolute atomic E-state index is 12.5. The molecule has 1 aromatic carbocycles. The second-order valence-corrected chi connectivity index (χ2v) is 6.64. The average molecular weight is 383 g/mol. The van der Waals surface area contributed by atoms with Crippen molar-refractivity contribution in [1.82, 2.24) is 20.2 Å². The minimum absolute atomic E-state index is 0.184. The van der Waals surface area contributed by atoms with Gasteiger partial charge in [-0.1, -0.05) is 30.3 Å². The number of hydrogen-bond acceptors (Lipinski definition) is 7. The molecule has 1 atom stereocenters. The smallest absolute Gasteiger partial charge is 0.328 e. The number of carbonyl (C=O) groups excluding carboxylic acids is 2. The normalized spacial score (nSPS) is 15.7. The molecule has 2 aromatic rings. The van der Waals surface area contributed by atoms with Crippen molar-refractivity contribution in [3.8, 4) is 0 Å². The molecule has 28 heavy (non-hydrogen) atoms. The number of ether oxygens (including phenoxy) is 1. The number of piperazine rings is 1. The molecule has 1 aromatic heterocycles. The molecule has 1 N–H and O–H groups in total. The van der Waals surface area contributed by atoms with Gasteiger partial charge in [0.2, 0.25) is 11.9 Å². The Kier molecular flexibility index (Phi) is 6.91. The molecular formula is C20H25N5O3. The van der Waals surface area contributed by atoms with E-state index >= 15 is 0 Å². The maximum Gasteiger partial charge on any atom is 0.328 e. The summed E-state index contributed by atoms with van der Waals surface area (Å²) in [5, 5.41) is 2.81. The lowest BCUT2D eigenvalue weighted by Gasteiger charge is -2.34. The Labute approximate surface area is 164 Å². The summed E-state index contributed by atoms with van der Waals surface area (Å²) in [5.74, 6) is 0.0826. The van der Waals surface area contributed by atoms with Gasteiger partial charge in [-0.2, -0.15) is 0 Å². The number of rotatable bonds is 7. The molecule has 8 heteroatoms. The molecule has 0 aliphatic carbocycles. The topological polar surface area (TPSA) is 87.7 Å². The molecule has 0 unspecified atom stereocenters. The molecule has 1 aliphatic heterocycles. The van der Waals surface area contributed by atoms with Crippen LogP contribution in [-0.4, -0.2) is 72.6 Å². The molecule has 1 amide bonds. The average Bonchev–Trinajstić information content (AvgIpc) is 2.74. The predicted molar refractivity (Wildman–Crippen MR) is 105 cm³/mol. The third kappa shape index (κ3) is 5.50. The van der Waals surface area contributed by atoms with Crippen molar-refractivity contribution in [2.75, 3.05) is 44.7 Å². The third-order valence-electron chi connectivity index (χ3n) is 4.68. The maximum atomic E-state index is 12.5. The van der Waals surface area contributed by atoms with Crippen LogP contribution in [0.1, 0.15) is 5.56 Å². The quantitative estimate of drug-likeness (QED) is 0.697. The van der Waals surface area contributed by atoms with Gasteiger partial charge < -0.3 is 15.0 Å². The van der Waals surface area contributed by atoms with E-state index in [0.717, 1.165) is 31.7 Å². The molecule has 0 spiro atoms. The number of methoxy groups -OCH3 is 1. The zero-order valence-corrected chi connectivity index (χ0v) is 16.0. The lowest BCUT2D eigenvalue weighted by atomic mass is 10.1. The Morgan fingerprint density at radius 3 is 2.39 bits per heavy atom. The van der Waals surface area contributed by atoms with Crippen molar-refractivity contribution >= 4 is 17.8 Å². The zero-order valence-electron chi connectivity index (χ0n) is 16.0. The van der Waals surface area contributed by atoms with E-state index in [9.17, 15) is 9.59 Å². The summed E-state index contributed by atoms with van der Waals surface area (Å²) in [4.78, 5) is 37.2. The van der Waals surface area contributed by atoms with Crippen molar-refractivity contribution in [2.45, 2.75) is 12.5 Å². The Bertz CT molecular complexity index is 764. The second kappa shape index (κ2) is 9.80. The first-order chi connectivity index (χ1) is 13.7. The number of esters is 1. The zero-order chi connectivity index (χ0) is 19.8. The van der Waals surface area contributed by atoms with E-state index in [1.165, 1.54) is 7.11 Å². The summed E-state index contributed by atoms with van der Waals surface area (Å²) >= 11 is 0. The highest BCUT2D eigenvalue weighted by Crippen LogP contribution is 2.10. The van der Waals surface area contributed by atoms with Crippen LogP contribution in [0.5, 0.6) is 0 Å². The van der Waals surface area contributed by atoms with E-state index in [-0.39, 0.29) is 12.5 Å². The number of nitrogens with one attached hydrogen (secondary N) is 1. The van der Waals surface area contributed by atoms with Crippen LogP contribution < -0.4 is 10.2 Å². The van der Waals surface area contributed by atoms with Crippen LogP contribution in [0.3, 0.4) is 0 Å². The number of carbonyl (C=O) groups is 2. The van der Waals surface area contributed by atoms with Crippen LogP contribution >= 0.6 is 0 Å². The lowest BCUT2D eigenvalue weighted by Crippen LogP contribution is -2.52. The van der Waals surface area contributed by atoms with Crippen LogP contribution in [-0.2, 0) is 20.7 Å². The Hall–Kier alpha value is -3.00. The number of benzene rings is 1. The molecule has 2 heterocycles. The van der Waals surface area contributed by atoms with Crippen molar-refractivity contribution < 1.29 is 14.3 Å². The minimum atomic E-state index is -0.695. The first kappa shape index (κ1) is 19.8. The van der Waals surface area contributed by atoms with Crippen molar-refractivity contribution in [3.63, 3.8) is 0 Å². The molecule has 8 nitrogen and oxygen atoms in total. The summed E-state index contributed by atoms with van der Waals surface area (Å²) in [5.41, 5.74) is 0.967. The highest BCUT2D eigenvalue weighted by molar-refractivity contribution is 5.85. The minimum Gasteiger partial charge on any atom is -0.467 e. The van der Waals surface area contributed by atoms with Gasteiger partial charge in [0.05, 0.1) is 13.7 Å². The number of hydrogen-bond donors (Lipinski definition) is 1. The monoisotopic (exact) mass is 383 g/mol. The van der Waals surface area contributed by atoms with E-state index in [4.69, 9.17) is 4.74 Å². The van der Waals surface area contributed by atoms with Gasteiger partial charge in [0.25, 0.3) is 0 Å². The van der Waals surface area contributed by atoms with E-state index in [1.54, 1.807) is 18.5 Å². The highest BCUT2D eigenvalue weighted by atomic mass is 16.5. The SMILES string of the molecule is COC(=O)[C@@H](Cc1ccccc1)NC(=O)CN1CCN(c2ncccn2)CC1. The molecule has 1 aliphatic rings.